The number of aliphatic imine (C=N–C) groups is 1. The van der Waals surface area contributed by atoms with Crippen molar-refractivity contribution in [3.63, 3.8) is 0 Å². The first kappa shape index (κ1) is 26.7. The average Bonchev–Trinajstić information content (AvgIpc) is 2.88. The Balaban J connectivity index is 1.87. The Morgan fingerprint density at radius 1 is 1.17 bits per heavy atom. The third-order valence-corrected chi connectivity index (χ3v) is 5.65. The maximum Gasteiger partial charge on any atom is 0.323 e. The van der Waals surface area contributed by atoms with Crippen molar-refractivity contribution in [3.05, 3.63) is 80.7 Å². The van der Waals surface area contributed by atoms with E-state index >= 15 is 0 Å². The molecule has 1 aromatic heterocycles. The lowest BCUT2D eigenvalue weighted by Gasteiger charge is -2.23. The second-order valence-corrected chi connectivity index (χ2v) is 8.40. The van der Waals surface area contributed by atoms with Gasteiger partial charge in [-0.1, -0.05) is 35.3 Å². The number of aryl methyl sites for hydroxylation is 1. The van der Waals surface area contributed by atoms with Crippen molar-refractivity contribution in [3.8, 4) is 11.5 Å². The van der Waals surface area contributed by atoms with Gasteiger partial charge in [-0.25, -0.2) is 14.5 Å². The summed E-state index contributed by atoms with van der Waals surface area (Å²) in [6.07, 6.45) is 1.93. The predicted molar refractivity (Wildman–Crippen MR) is 138 cm³/mol. The van der Waals surface area contributed by atoms with Crippen LogP contribution in [0.5, 0.6) is 11.5 Å². The van der Waals surface area contributed by atoms with Gasteiger partial charge >= 0.3 is 6.03 Å². The maximum atomic E-state index is 12.5. The summed E-state index contributed by atoms with van der Waals surface area (Å²) in [7, 11) is 3.11. The zero-order valence-electron chi connectivity index (χ0n) is 19.8. The molecule has 2 aromatic carbocycles. The number of ether oxygens (including phenoxy) is 1. The number of carbonyl (C=O) groups is 2. The van der Waals surface area contributed by atoms with Crippen molar-refractivity contribution in [2.75, 3.05) is 13.6 Å². The molecule has 0 atom stereocenters. The van der Waals surface area contributed by atoms with E-state index in [4.69, 9.17) is 27.9 Å². The zero-order valence-corrected chi connectivity index (χ0v) is 21.3. The fraction of sp³-hybridized carbons (Fsp3) is 0.208. The molecule has 0 fully saturated rings. The van der Waals surface area contributed by atoms with Crippen LogP contribution in [0.25, 0.3) is 0 Å². The molecule has 0 aliphatic heterocycles. The molecule has 10 nitrogen and oxygen atoms in total. The average molecular weight is 531 g/mol. The molecule has 1 heterocycles. The number of hydrogen-bond donors (Lipinski definition) is 1. The summed E-state index contributed by atoms with van der Waals surface area (Å²) in [4.78, 5) is 43.6. The highest BCUT2D eigenvalue weighted by atomic mass is 35.5. The number of halogens is 2. The zero-order chi connectivity index (χ0) is 26.2. The summed E-state index contributed by atoms with van der Waals surface area (Å²) in [5.41, 5.74) is 0.746. The minimum absolute atomic E-state index is 0.0396. The van der Waals surface area contributed by atoms with Crippen molar-refractivity contribution in [1.29, 1.82) is 0 Å². The van der Waals surface area contributed by atoms with E-state index in [0.717, 1.165) is 10.2 Å². The van der Waals surface area contributed by atoms with E-state index in [0.29, 0.717) is 29.4 Å². The summed E-state index contributed by atoms with van der Waals surface area (Å²) in [5, 5.41) is 7.05. The molecule has 36 heavy (non-hydrogen) atoms. The number of nitrogens with zero attached hydrogens (tertiary/aromatic N) is 5. The van der Waals surface area contributed by atoms with Gasteiger partial charge in [0, 0.05) is 25.7 Å². The van der Waals surface area contributed by atoms with E-state index in [1.165, 1.54) is 23.0 Å². The standard InChI is InChI=1S/C24H24Cl2N6O4/c1-4-30(2)24(35)29-23(32(15-33)14-16-5-7-17(25)8-6-16)28-18-9-11-19(12-10-18)36-20-13-27-31(3)22(34)21(20)26/h5-13,15H,4,14H2,1-3H3,(H,28,29,35). The number of nitrogens with one attached hydrogen (secondary N) is 1. The molecule has 3 amide bonds. The molecule has 0 saturated carbocycles. The van der Waals surface area contributed by atoms with Crippen LogP contribution >= 0.6 is 23.2 Å². The molecule has 0 unspecified atom stereocenters. The molecular weight excluding hydrogens is 507 g/mol. The highest BCUT2D eigenvalue weighted by Crippen LogP contribution is 2.27. The van der Waals surface area contributed by atoms with Gasteiger partial charge in [0.1, 0.15) is 5.75 Å². The molecule has 3 rings (SSSR count). The van der Waals surface area contributed by atoms with Gasteiger partial charge in [-0.05, 0) is 48.9 Å². The molecule has 0 radical (unpaired) electrons. The van der Waals surface area contributed by atoms with Crippen LogP contribution in [0.15, 0.2) is 64.5 Å². The molecule has 0 saturated heterocycles. The van der Waals surface area contributed by atoms with Gasteiger partial charge < -0.3 is 9.64 Å². The molecule has 12 heteroatoms. The van der Waals surface area contributed by atoms with Gasteiger partial charge in [0.05, 0.1) is 18.4 Å². The number of guanidine groups is 1. The van der Waals surface area contributed by atoms with Gasteiger partial charge in [-0.2, -0.15) is 5.10 Å². The monoisotopic (exact) mass is 530 g/mol. The van der Waals surface area contributed by atoms with E-state index in [1.54, 1.807) is 55.6 Å². The second-order valence-electron chi connectivity index (χ2n) is 7.59. The molecule has 0 spiro atoms. The van der Waals surface area contributed by atoms with E-state index in [9.17, 15) is 14.4 Å². The number of benzene rings is 2. The normalized spacial score (nSPS) is 11.1. The van der Waals surface area contributed by atoms with E-state index in [-0.39, 0.29) is 23.3 Å². The smallest absolute Gasteiger partial charge is 0.323 e. The number of rotatable bonds is 7. The van der Waals surface area contributed by atoms with Crippen LogP contribution < -0.4 is 15.6 Å². The van der Waals surface area contributed by atoms with Gasteiger partial charge in [0.2, 0.25) is 12.4 Å². The van der Waals surface area contributed by atoms with E-state index in [1.807, 2.05) is 6.92 Å². The van der Waals surface area contributed by atoms with E-state index in [2.05, 4.69) is 15.4 Å². The van der Waals surface area contributed by atoms with Crippen LogP contribution in [0, 0.1) is 0 Å². The van der Waals surface area contributed by atoms with Crippen molar-refractivity contribution >= 4 is 47.3 Å². The summed E-state index contributed by atoms with van der Waals surface area (Å²) in [5.74, 6) is 0.537. The molecule has 0 bridgehead atoms. The van der Waals surface area contributed by atoms with Gasteiger partial charge in [0.15, 0.2) is 10.8 Å². The third kappa shape index (κ3) is 6.83. The number of carbonyl (C=O) groups excluding carboxylic acids is 2. The van der Waals surface area contributed by atoms with Crippen LogP contribution in [-0.4, -0.2) is 51.6 Å². The van der Waals surface area contributed by atoms with Crippen molar-refractivity contribution < 1.29 is 14.3 Å². The Morgan fingerprint density at radius 3 is 2.44 bits per heavy atom. The Morgan fingerprint density at radius 2 is 1.83 bits per heavy atom. The summed E-state index contributed by atoms with van der Waals surface area (Å²) < 4.78 is 6.76. The highest BCUT2D eigenvalue weighted by molar-refractivity contribution is 6.31. The van der Waals surface area contributed by atoms with Crippen molar-refractivity contribution in [2.45, 2.75) is 13.5 Å². The lowest BCUT2D eigenvalue weighted by atomic mass is 10.2. The Bertz CT molecular complexity index is 1310. The molecular formula is C24H24Cl2N6O4. The summed E-state index contributed by atoms with van der Waals surface area (Å²) in [6, 6.07) is 13.0. The van der Waals surface area contributed by atoms with Crippen molar-refractivity contribution in [1.82, 2.24) is 24.9 Å². The van der Waals surface area contributed by atoms with Crippen LogP contribution in [0.3, 0.4) is 0 Å². The predicted octanol–water partition coefficient (Wildman–Crippen LogP) is 4.19. The maximum absolute atomic E-state index is 12.5. The van der Waals surface area contributed by atoms with E-state index < -0.39 is 11.6 Å². The number of aromatic nitrogens is 2. The first-order valence-electron chi connectivity index (χ1n) is 10.8. The minimum Gasteiger partial charge on any atom is -0.454 e. The van der Waals surface area contributed by atoms with Gasteiger partial charge in [-0.15, -0.1) is 0 Å². The number of hydrogen-bond acceptors (Lipinski definition) is 6. The lowest BCUT2D eigenvalue weighted by Crippen LogP contribution is -2.47. The largest absolute Gasteiger partial charge is 0.454 e. The number of amides is 3. The third-order valence-electron chi connectivity index (χ3n) is 5.05. The summed E-state index contributed by atoms with van der Waals surface area (Å²) in [6.45, 7) is 2.44. The van der Waals surface area contributed by atoms with Gasteiger partial charge in [0.25, 0.3) is 5.56 Å². The SMILES string of the molecule is CCN(C)C(=O)NC(=Nc1ccc(Oc2cnn(C)c(=O)c2Cl)cc1)N(C=O)Cc1ccc(Cl)cc1. The van der Waals surface area contributed by atoms with Crippen LogP contribution in [-0.2, 0) is 18.4 Å². The molecule has 188 valence electrons. The van der Waals surface area contributed by atoms with Gasteiger partial charge in [-0.3, -0.25) is 19.8 Å². The second kappa shape index (κ2) is 12.2. The van der Waals surface area contributed by atoms with Crippen LogP contribution in [0.2, 0.25) is 10.0 Å². The first-order chi connectivity index (χ1) is 17.2. The molecule has 0 aliphatic carbocycles. The fourth-order valence-electron chi connectivity index (χ4n) is 2.85. The van der Waals surface area contributed by atoms with Crippen molar-refractivity contribution in [2.24, 2.45) is 12.0 Å². The van der Waals surface area contributed by atoms with Crippen LogP contribution in [0.4, 0.5) is 10.5 Å². The minimum atomic E-state index is -0.484. The van der Waals surface area contributed by atoms with Crippen LogP contribution in [0.1, 0.15) is 12.5 Å². The molecule has 0 aliphatic rings. The summed E-state index contributed by atoms with van der Waals surface area (Å²) >= 11 is 12.0. The molecule has 1 N–H and O–H groups in total. The topological polar surface area (TPSA) is 109 Å². The quantitative estimate of drug-likeness (QED) is 0.280. The number of urea groups is 1. The first-order valence-corrected chi connectivity index (χ1v) is 11.5. The Labute approximate surface area is 217 Å². The molecule has 3 aromatic rings. The Kier molecular flexibility index (Phi) is 9.04. The lowest BCUT2D eigenvalue weighted by molar-refractivity contribution is -0.115. The fourth-order valence-corrected chi connectivity index (χ4v) is 3.19. The Hall–Kier alpha value is -3.89. The highest BCUT2D eigenvalue weighted by Gasteiger charge is 2.17.